The van der Waals surface area contributed by atoms with Gasteiger partial charge in [0, 0.05) is 0 Å². The van der Waals surface area contributed by atoms with Crippen molar-refractivity contribution in [3.8, 4) is 0 Å². The van der Waals surface area contributed by atoms with Crippen LogP contribution in [0.3, 0.4) is 0 Å². The maximum Gasteiger partial charge on any atom is 0.321 e. The average Bonchev–Trinajstić information content (AvgIpc) is 1.63. The highest BCUT2D eigenvalue weighted by molar-refractivity contribution is 5.80. The predicted octanol–water partition coefficient (Wildman–Crippen LogP) is -1.13. The Morgan fingerprint density at radius 1 is 1.44 bits per heavy atom. The molecule has 0 aromatic rings. The molecule has 0 aliphatic carbocycles. The Balaban J connectivity index is 3.63. The zero-order valence-electron chi connectivity index (χ0n) is 4.57. The molecule has 0 aromatic heterocycles. The summed E-state index contributed by atoms with van der Waals surface area (Å²) in [5.74, 6) is -2.50. The summed E-state index contributed by atoms with van der Waals surface area (Å²) >= 11 is 0. The number of hydrogen-bond acceptors (Lipinski definition) is 3. The minimum atomic E-state index is -1.29. The van der Waals surface area contributed by atoms with Crippen molar-refractivity contribution in [3.05, 3.63) is 0 Å². The van der Waals surface area contributed by atoms with Gasteiger partial charge >= 0.3 is 11.9 Å². The fourth-order valence-corrected chi connectivity index (χ4v) is 0.275. The van der Waals surface area contributed by atoms with Gasteiger partial charge in [-0.15, -0.1) is 0 Å². The third kappa shape index (κ3) is 3.48. The quantitative estimate of drug-likeness (QED) is 0.424. The Bertz CT molecular complexity index is 133. The van der Waals surface area contributed by atoms with Crippen molar-refractivity contribution in [1.82, 2.24) is 0 Å². The molecule has 0 amide bonds. The third-order valence-electron chi connectivity index (χ3n) is 0.712. The van der Waals surface area contributed by atoms with Crippen molar-refractivity contribution in [2.75, 3.05) is 0 Å². The van der Waals surface area contributed by atoms with E-state index in [0.29, 0.717) is 0 Å². The second-order valence-corrected chi connectivity index (χ2v) is 1.54. The highest BCUT2D eigenvalue weighted by Crippen LogP contribution is 1.86. The maximum absolute atomic E-state index is 9.85. The first-order valence-corrected chi connectivity index (χ1v) is 2.24. The summed E-state index contributed by atoms with van der Waals surface area (Å²) in [6, 6.07) is -1.29. The van der Waals surface area contributed by atoms with E-state index in [9.17, 15) is 9.59 Å². The monoisotopic (exact) mass is 134 g/mol. The second kappa shape index (κ2) is 3.03. The van der Waals surface area contributed by atoms with Gasteiger partial charge in [-0.1, -0.05) is 0 Å². The van der Waals surface area contributed by atoms with Gasteiger partial charge in [-0.2, -0.15) is 0 Å². The van der Waals surface area contributed by atoms with Crippen LogP contribution in [0.5, 0.6) is 0 Å². The van der Waals surface area contributed by atoms with E-state index in [1.165, 1.54) is 0 Å². The van der Waals surface area contributed by atoms with Crippen LogP contribution in [-0.2, 0) is 9.59 Å². The Labute approximate surface area is 51.1 Å². The van der Waals surface area contributed by atoms with Gasteiger partial charge in [0.2, 0.25) is 0 Å². The van der Waals surface area contributed by atoms with Gasteiger partial charge in [-0.3, -0.25) is 9.59 Å². The molecule has 9 heavy (non-hydrogen) atoms. The van der Waals surface area contributed by atoms with E-state index in [1.807, 2.05) is 0 Å². The average molecular weight is 134 g/mol. The zero-order chi connectivity index (χ0) is 7.44. The predicted molar refractivity (Wildman–Crippen MR) is 27.9 cm³/mol. The van der Waals surface area contributed by atoms with E-state index in [1.54, 1.807) is 0 Å². The van der Waals surface area contributed by atoms with Crippen molar-refractivity contribution in [3.63, 3.8) is 0 Å². The normalized spacial score (nSPS) is 12.6. The number of aliphatic carboxylic acids is 2. The Hall–Kier alpha value is -1.10. The first-order chi connectivity index (χ1) is 4.04. The first-order valence-electron chi connectivity index (χ1n) is 2.24. The molecule has 0 fully saturated rings. The lowest BCUT2D eigenvalue weighted by Gasteiger charge is -1.99. The van der Waals surface area contributed by atoms with E-state index >= 15 is 0 Å². The number of carbonyl (C=O) groups is 2. The van der Waals surface area contributed by atoms with Gasteiger partial charge in [0.15, 0.2) is 0 Å². The van der Waals surface area contributed by atoms with Crippen molar-refractivity contribution in [1.29, 1.82) is 0 Å². The molecule has 4 N–H and O–H groups in total. The summed E-state index contributed by atoms with van der Waals surface area (Å²) < 4.78 is 0. The van der Waals surface area contributed by atoms with E-state index in [0.717, 1.165) is 0 Å². The van der Waals surface area contributed by atoms with Crippen LogP contribution in [0, 0.1) is 0 Å². The number of carboxylic acid groups (broad SMARTS) is 2. The molecule has 0 rings (SSSR count). The van der Waals surface area contributed by atoms with Crippen LogP contribution >= 0.6 is 0 Å². The Morgan fingerprint density at radius 3 is 2.00 bits per heavy atom. The van der Waals surface area contributed by atoms with Crippen LogP contribution in [0.25, 0.3) is 0 Å². The molecule has 1 atom stereocenters. The lowest BCUT2D eigenvalue weighted by atomic mass is 10.2. The highest BCUT2D eigenvalue weighted by Gasteiger charge is 2.14. The van der Waals surface area contributed by atoms with Gasteiger partial charge in [0.25, 0.3) is 0 Å². The minimum Gasteiger partial charge on any atom is -0.481 e. The SMILES string of the molecule is [15NH2][C@@H](CC(=O)O)C(=O)O. The molecular formula is C4H7NO4. The molecule has 52 valence electrons. The minimum absolute atomic E-state index is 0.532. The summed E-state index contributed by atoms with van der Waals surface area (Å²) in [7, 11) is 0. The largest absolute Gasteiger partial charge is 0.481 e. The van der Waals surface area contributed by atoms with E-state index in [-0.39, 0.29) is 0 Å². The van der Waals surface area contributed by atoms with E-state index in [2.05, 4.69) is 0 Å². The topological polar surface area (TPSA) is 101 Å². The lowest BCUT2D eigenvalue weighted by Crippen LogP contribution is -2.32. The van der Waals surface area contributed by atoms with Crippen LogP contribution in [0.2, 0.25) is 0 Å². The molecule has 0 aliphatic heterocycles. The molecule has 0 unspecified atom stereocenters. The van der Waals surface area contributed by atoms with Crippen molar-refractivity contribution in [2.24, 2.45) is 5.73 Å². The van der Waals surface area contributed by atoms with Gasteiger partial charge in [-0.05, 0) is 0 Å². The molecule has 0 aliphatic rings. The molecule has 0 radical (unpaired) electrons. The molecule has 0 spiro atoms. The van der Waals surface area contributed by atoms with Crippen LogP contribution in [0.1, 0.15) is 6.42 Å². The molecule has 0 saturated carbocycles. The molecule has 0 saturated heterocycles. The Kier molecular flexibility index (Phi) is 2.66. The maximum atomic E-state index is 9.85. The number of rotatable bonds is 3. The van der Waals surface area contributed by atoms with Crippen molar-refractivity contribution < 1.29 is 19.8 Å². The van der Waals surface area contributed by atoms with Crippen molar-refractivity contribution >= 4 is 11.9 Å². The van der Waals surface area contributed by atoms with E-state index in [4.69, 9.17) is 15.9 Å². The number of hydrogen-bond donors (Lipinski definition) is 3. The third-order valence-corrected chi connectivity index (χ3v) is 0.712. The number of nitrogens with two attached hydrogens (primary N) is 1. The first kappa shape index (κ1) is 7.90. The van der Waals surface area contributed by atoms with Gasteiger partial charge < -0.3 is 15.9 Å². The Morgan fingerprint density at radius 2 is 1.89 bits per heavy atom. The highest BCUT2D eigenvalue weighted by atomic mass is 16.4. The van der Waals surface area contributed by atoms with Gasteiger partial charge in [0.1, 0.15) is 6.04 Å². The van der Waals surface area contributed by atoms with Crippen LogP contribution < -0.4 is 5.73 Å². The summed E-state index contributed by atoms with van der Waals surface area (Å²) in [6.07, 6.45) is -0.532. The summed E-state index contributed by atoms with van der Waals surface area (Å²) in [5, 5.41) is 16.0. The summed E-state index contributed by atoms with van der Waals surface area (Å²) in [5.41, 5.74) is 4.84. The second-order valence-electron chi connectivity index (χ2n) is 1.54. The molecule has 0 aromatic carbocycles. The molecule has 0 heterocycles. The van der Waals surface area contributed by atoms with Crippen molar-refractivity contribution in [2.45, 2.75) is 12.5 Å². The fraction of sp³-hybridized carbons (Fsp3) is 0.500. The summed E-state index contributed by atoms with van der Waals surface area (Å²) in [4.78, 5) is 19.6. The summed E-state index contributed by atoms with van der Waals surface area (Å²) in [6.45, 7) is 0. The molecule has 5 heteroatoms. The molecule has 5 nitrogen and oxygen atoms in total. The standard InChI is InChI=1S/C4H7NO4/c5-2(4(8)9)1-3(6)7/h2H,1,5H2,(H,6,7)(H,8,9)/t2-/m0/s1/i5+1. The van der Waals surface area contributed by atoms with Crippen LogP contribution in [-0.4, -0.2) is 28.2 Å². The van der Waals surface area contributed by atoms with Crippen LogP contribution in [0.15, 0.2) is 0 Å². The number of carboxylic acids is 2. The molecule has 0 bridgehead atoms. The van der Waals surface area contributed by atoms with E-state index < -0.39 is 24.4 Å². The van der Waals surface area contributed by atoms with Gasteiger partial charge in [0.05, 0.1) is 6.42 Å². The zero-order valence-corrected chi connectivity index (χ0v) is 4.57. The lowest BCUT2D eigenvalue weighted by molar-refractivity contribution is -0.144. The molecular weight excluding hydrogens is 127 g/mol. The fourth-order valence-electron chi connectivity index (χ4n) is 0.275. The smallest absolute Gasteiger partial charge is 0.321 e. The van der Waals surface area contributed by atoms with Crippen LogP contribution in [0.4, 0.5) is 0 Å². The van der Waals surface area contributed by atoms with Gasteiger partial charge in [-0.25, -0.2) is 0 Å².